The van der Waals surface area contributed by atoms with Gasteiger partial charge in [0.1, 0.15) is 11.6 Å². The highest BCUT2D eigenvalue weighted by Gasteiger charge is 2.60. The summed E-state index contributed by atoms with van der Waals surface area (Å²) >= 11 is 0. The normalized spacial score (nSPS) is 46.7. The van der Waals surface area contributed by atoms with Crippen LogP contribution in [-0.2, 0) is 9.59 Å². The quantitative estimate of drug-likeness (QED) is 0.616. The molecule has 0 aliphatic heterocycles. The Morgan fingerprint density at radius 1 is 1.00 bits per heavy atom. The van der Waals surface area contributed by atoms with Gasteiger partial charge in [-0.05, 0) is 42.4 Å². The minimum absolute atomic E-state index is 0.0447. The minimum Gasteiger partial charge on any atom is -0.299 e. The highest BCUT2D eigenvalue weighted by molar-refractivity contribution is 6.09. The molecule has 0 aromatic rings. The van der Waals surface area contributed by atoms with Crippen LogP contribution in [0.15, 0.2) is 0 Å². The van der Waals surface area contributed by atoms with E-state index in [1.54, 1.807) is 0 Å². The van der Waals surface area contributed by atoms with Gasteiger partial charge in [0.05, 0.1) is 6.42 Å². The third kappa shape index (κ3) is 1.47. The smallest absolute Gasteiger partial charge is 0.144 e. The lowest BCUT2D eigenvalue weighted by Gasteiger charge is -2.57. The van der Waals surface area contributed by atoms with Crippen LogP contribution in [0.25, 0.3) is 0 Å². The maximum absolute atomic E-state index is 12.3. The molecule has 0 radical (unpaired) electrons. The maximum Gasteiger partial charge on any atom is 0.144 e. The molecule has 0 bridgehead atoms. The van der Waals surface area contributed by atoms with Crippen molar-refractivity contribution in [2.24, 2.45) is 28.6 Å². The third-order valence-corrected chi connectivity index (χ3v) is 6.26. The van der Waals surface area contributed by atoms with Gasteiger partial charge in [-0.15, -0.1) is 0 Å². The standard InChI is InChI=1S/C16H24O2/c1-15(2)7-4-8-16(3)13(15)6-5-10-11(17)9-12(18)14(10)16/h10,13-14H,4-9H2,1-3H3. The lowest BCUT2D eigenvalue weighted by Crippen LogP contribution is -2.52. The molecule has 0 spiro atoms. The molecular formula is C16H24O2. The van der Waals surface area contributed by atoms with Gasteiger partial charge in [-0.3, -0.25) is 9.59 Å². The fourth-order valence-corrected chi connectivity index (χ4v) is 5.58. The van der Waals surface area contributed by atoms with E-state index in [4.69, 9.17) is 0 Å². The summed E-state index contributed by atoms with van der Waals surface area (Å²) in [6, 6.07) is 0. The summed E-state index contributed by atoms with van der Waals surface area (Å²) in [5.74, 6) is 1.20. The summed E-state index contributed by atoms with van der Waals surface area (Å²) in [5.41, 5.74) is 0.428. The van der Waals surface area contributed by atoms with Gasteiger partial charge < -0.3 is 0 Å². The molecule has 3 aliphatic rings. The van der Waals surface area contributed by atoms with Gasteiger partial charge in [0.25, 0.3) is 0 Å². The van der Waals surface area contributed by atoms with E-state index < -0.39 is 0 Å². The molecule has 0 aromatic carbocycles. The molecule has 2 nitrogen and oxygen atoms in total. The second-order valence-corrected chi connectivity index (χ2v) is 7.67. The average Bonchev–Trinajstić information content (AvgIpc) is 2.54. The largest absolute Gasteiger partial charge is 0.299 e. The highest BCUT2D eigenvalue weighted by Crippen LogP contribution is 2.62. The number of Topliss-reactive ketones (excluding diaryl/α,β-unsaturated/α-hetero) is 2. The van der Waals surface area contributed by atoms with Crippen molar-refractivity contribution >= 4 is 11.6 Å². The van der Waals surface area contributed by atoms with Gasteiger partial charge in [0.15, 0.2) is 0 Å². The first kappa shape index (κ1) is 12.4. The Kier molecular flexibility index (Phi) is 2.53. The van der Waals surface area contributed by atoms with E-state index in [1.807, 2.05) is 0 Å². The zero-order valence-corrected chi connectivity index (χ0v) is 11.8. The van der Waals surface area contributed by atoms with Crippen LogP contribution in [0.3, 0.4) is 0 Å². The molecule has 2 heteroatoms. The van der Waals surface area contributed by atoms with Crippen molar-refractivity contribution in [1.82, 2.24) is 0 Å². The highest BCUT2D eigenvalue weighted by atomic mass is 16.2. The molecule has 0 heterocycles. The number of fused-ring (bicyclic) bond motifs is 3. The lowest BCUT2D eigenvalue weighted by atomic mass is 9.47. The van der Waals surface area contributed by atoms with Crippen molar-refractivity contribution in [3.63, 3.8) is 0 Å². The summed E-state index contributed by atoms with van der Waals surface area (Å²) in [7, 11) is 0. The lowest BCUT2D eigenvalue weighted by molar-refractivity contribution is -0.141. The predicted molar refractivity (Wildman–Crippen MR) is 70.1 cm³/mol. The van der Waals surface area contributed by atoms with Gasteiger partial charge >= 0.3 is 0 Å². The Balaban J connectivity index is 2.02. The fourth-order valence-electron chi connectivity index (χ4n) is 5.58. The summed E-state index contributed by atoms with van der Waals surface area (Å²) in [6.45, 7) is 7.01. The predicted octanol–water partition coefficient (Wildman–Crippen LogP) is 3.39. The van der Waals surface area contributed by atoms with Crippen LogP contribution in [0.5, 0.6) is 0 Å². The number of hydrogen-bond acceptors (Lipinski definition) is 2. The number of hydrogen-bond donors (Lipinski definition) is 0. The van der Waals surface area contributed by atoms with Gasteiger partial charge in [-0.2, -0.15) is 0 Å². The van der Waals surface area contributed by atoms with Gasteiger partial charge in [0.2, 0.25) is 0 Å². The number of rotatable bonds is 0. The Morgan fingerprint density at radius 2 is 1.72 bits per heavy atom. The number of carbonyl (C=O) groups is 2. The molecule has 3 aliphatic carbocycles. The van der Waals surface area contributed by atoms with E-state index >= 15 is 0 Å². The second kappa shape index (κ2) is 3.68. The first-order valence-electron chi connectivity index (χ1n) is 7.42. The Hall–Kier alpha value is -0.660. The van der Waals surface area contributed by atoms with E-state index in [0.29, 0.717) is 11.3 Å². The van der Waals surface area contributed by atoms with Crippen LogP contribution in [0.4, 0.5) is 0 Å². The number of carbonyl (C=O) groups excluding carboxylic acids is 2. The van der Waals surface area contributed by atoms with Gasteiger partial charge in [-0.1, -0.05) is 27.2 Å². The third-order valence-electron chi connectivity index (χ3n) is 6.26. The van der Waals surface area contributed by atoms with Crippen LogP contribution in [0, 0.1) is 28.6 Å². The number of ketones is 2. The van der Waals surface area contributed by atoms with Crippen molar-refractivity contribution in [3.8, 4) is 0 Å². The molecule has 0 aromatic heterocycles. The Labute approximate surface area is 110 Å². The van der Waals surface area contributed by atoms with E-state index in [2.05, 4.69) is 20.8 Å². The van der Waals surface area contributed by atoms with Crippen molar-refractivity contribution in [3.05, 3.63) is 0 Å². The zero-order chi connectivity index (χ0) is 13.1. The first-order valence-corrected chi connectivity index (χ1v) is 7.42. The average molecular weight is 248 g/mol. The van der Waals surface area contributed by atoms with Crippen LogP contribution in [0.2, 0.25) is 0 Å². The molecule has 3 rings (SSSR count). The van der Waals surface area contributed by atoms with E-state index in [-0.39, 0.29) is 35.2 Å². The van der Waals surface area contributed by atoms with Crippen LogP contribution < -0.4 is 0 Å². The topological polar surface area (TPSA) is 34.1 Å². The van der Waals surface area contributed by atoms with Gasteiger partial charge in [-0.25, -0.2) is 0 Å². The van der Waals surface area contributed by atoms with Crippen LogP contribution >= 0.6 is 0 Å². The molecule has 100 valence electrons. The fraction of sp³-hybridized carbons (Fsp3) is 0.875. The molecule has 4 unspecified atom stereocenters. The Bertz CT molecular complexity index is 409. The summed E-state index contributed by atoms with van der Waals surface area (Å²) in [4.78, 5) is 24.2. The first-order chi connectivity index (χ1) is 8.36. The van der Waals surface area contributed by atoms with Crippen LogP contribution in [-0.4, -0.2) is 11.6 Å². The Morgan fingerprint density at radius 3 is 2.44 bits per heavy atom. The van der Waals surface area contributed by atoms with Crippen molar-refractivity contribution in [2.45, 2.75) is 59.3 Å². The summed E-state index contributed by atoms with van der Waals surface area (Å²) in [5, 5.41) is 0. The zero-order valence-electron chi connectivity index (χ0n) is 11.8. The SMILES string of the molecule is CC1(C)CCCC2(C)C3C(=O)CC(=O)C3CCC12. The molecule has 0 amide bonds. The summed E-state index contributed by atoms with van der Waals surface area (Å²) < 4.78 is 0. The van der Waals surface area contributed by atoms with E-state index in [0.717, 1.165) is 19.3 Å². The molecule has 0 N–H and O–H groups in total. The maximum atomic E-state index is 12.3. The molecule has 0 saturated heterocycles. The summed E-state index contributed by atoms with van der Waals surface area (Å²) in [6.07, 6.45) is 5.94. The van der Waals surface area contributed by atoms with Crippen LogP contribution in [0.1, 0.15) is 59.3 Å². The van der Waals surface area contributed by atoms with E-state index in [1.165, 1.54) is 12.8 Å². The second-order valence-electron chi connectivity index (χ2n) is 7.67. The van der Waals surface area contributed by atoms with Gasteiger partial charge in [0, 0.05) is 11.8 Å². The molecule has 3 fully saturated rings. The minimum atomic E-state index is 0.0447. The van der Waals surface area contributed by atoms with Crippen molar-refractivity contribution in [1.29, 1.82) is 0 Å². The van der Waals surface area contributed by atoms with Crippen molar-refractivity contribution < 1.29 is 9.59 Å². The molecule has 4 atom stereocenters. The molecule has 18 heavy (non-hydrogen) atoms. The monoisotopic (exact) mass is 248 g/mol. The molecule has 3 saturated carbocycles. The van der Waals surface area contributed by atoms with Crippen molar-refractivity contribution in [2.75, 3.05) is 0 Å². The van der Waals surface area contributed by atoms with E-state index in [9.17, 15) is 9.59 Å². The molecular weight excluding hydrogens is 224 g/mol.